The zero-order chi connectivity index (χ0) is 22.1. The zero-order valence-electron chi connectivity index (χ0n) is 16.8. The summed E-state index contributed by atoms with van der Waals surface area (Å²) >= 11 is 3.37. The minimum atomic E-state index is -3.06. The maximum absolute atomic E-state index is 14.3. The lowest BCUT2D eigenvalue weighted by molar-refractivity contribution is -0.136. The molecule has 162 valence electrons. The molecule has 1 aromatic heterocycles. The van der Waals surface area contributed by atoms with Crippen molar-refractivity contribution in [3.05, 3.63) is 40.8 Å². The number of hydrogen-bond acceptors (Lipinski definition) is 4. The van der Waals surface area contributed by atoms with E-state index in [1.807, 2.05) is 24.3 Å². The van der Waals surface area contributed by atoms with E-state index in [1.165, 1.54) is 7.11 Å². The molecule has 2 amide bonds. The molecule has 2 aromatic rings. The van der Waals surface area contributed by atoms with Crippen LogP contribution in [0.4, 0.5) is 13.6 Å². The van der Waals surface area contributed by atoms with E-state index in [9.17, 15) is 18.4 Å². The number of benzene rings is 1. The van der Waals surface area contributed by atoms with Crippen molar-refractivity contribution in [2.24, 2.45) is 5.92 Å². The van der Waals surface area contributed by atoms with E-state index in [1.54, 1.807) is 20.0 Å². The van der Waals surface area contributed by atoms with Crippen LogP contribution in [0.3, 0.4) is 0 Å². The summed E-state index contributed by atoms with van der Waals surface area (Å²) in [5.41, 5.74) is 1.50. The first-order valence-corrected chi connectivity index (χ1v) is 10.2. The predicted octanol–water partition coefficient (Wildman–Crippen LogP) is 4.13. The zero-order valence-corrected chi connectivity index (χ0v) is 18.4. The minimum absolute atomic E-state index is 0.277. The Morgan fingerprint density at radius 2 is 2.00 bits per heavy atom. The van der Waals surface area contributed by atoms with Gasteiger partial charge in [0, 0.05) is 10.9 Å². The van der Waals surface area contributed by atoms with Crippen molar-refractivity contribution >= 4 is 27.9 Å². The summed E-state index contributed by atoms with van der Waals surface area (Å²) in [5.74, 6) is -3.70. The van der Waals surface area contributed by atoms with Gasteiger partial charge in [-0.2, -0.15) is 0 Å². The molecule has 1 saturated heterocycles. The van der Waals surface area contributed by atoms with E-state index in [-0.39, 0.29) is 11.7 Å². The van der Waals surface area contributed by atoms with Crippen molar-refractivity contribution in [2.75, 3.05) is 13.7 Å². The molecule has 2 heterocycles. The van der Waals surface area contributed by atoms with E-state index in [2.05, 4.69) is 36.0 Å². The number of hydrogen-bond donors (Lipinski definition) is 2. The number of carbonyl (C=O) groups is 2. The van der Waals surface area contributed by atoms with Gasteiger partial charge in [-0.15, -0.1) is 0 Å². The fourth-order valence-electron chi connectivity index (χ4n) is 3.45. The number of rotatable bonds is 5. The summed E-state index contributed by atoms with van der Waals surface area (Å²) in [4.78, 5) is 33.2. The standard InChI is InChI=1S/C20H23BrF2N4O3/c1-11(2)16(26-19(29)30-3)18(28)27-10-20(22,23)8-15(27)17-24-9-14(25-17)12-4-6-13(21)7-5-12/h4-7,9,11,15-16H,8,10H2,1-3H3,(H,24,25)(H,26,29)/t15-,16-/m0/s1. The van der Waals surface area contributed by atoms with Gasteiger partial charge in [0.2, 0.25) is 5.91 Å². The van der Waals surface area contributed by atoms with Gasteiger partial charge < -0.3 is 19.9 Å². The lowest BCUT2D eigenvalue weighted by Crippen LogP contribution is -2.51. The second-order valence-corrected chi connectivity index (χ2v) is 8.50. The number of amides is 2. The number of nitrogens with zero attached hydrogens (tertiary/aromatic N) is 2. The molecule has 10 heteroatoms. The van der Waals surface area contributed by atoms with Crippen LogP contribution in [0, 0.1) is 5.92 Å². The average Bonchev–Trinajstić information content (AvgIpc) is 3.30. The summed E-state index contributed by atoms with van der Waals surface area (Å²) in [6.07, 6.45) is 0.222. The highest BCUT2D eigenvalue weighted by atomic mass is 79.9. The van der Waals surface area contributed by atoms with Crippen LogP contribution in [0.5, 0.6) is 0 Å². The van der Waals surface area contributed by atoms with Gasteiger partial charge >= 0.3 is 6.09 Å². The number of carbonyl (C=O) groups excluding carboxylic acids is 2. The molecule has 0 unspecified atom stereocenters. The van der Waals surface area contributed by atoms with Crippen molar-refractivity contribution in [1.29, 1.82) is 0 Å². The Bertz CT molecular complexity index is 917. The molecule has 0 aliphatic carbocycles. The van der Waals surface area contributed by atoms with Gasteiger partial charge in [0.15, 0.2) is 0 Å². The minimum Gasteiger partial charge on any atom is -0.453 e. The molecule has 0 spiro atoms. The second kappa shape index (κ2) is 8.71. The Balaban J connectivity index is 1.88. The van der Waals surface area contributed by atoms with Crippen molar-refractivity contribution in [3.63, 3.8) is 0 Å². The first-order valence-electron chi connectivity index (χ1n) is 9.45. The molecule has 1 fully saturated rings. The van der Waals surface area contributed by atoms with Gasteiger partial charge in [0.05, 0.1) is 31.6 Å². The molecule has 0 saturated carbocycles. The van der Waals surface area contributed by atoms with Gasteiger partial charge in [-0.05, 0) is 23.6 Å². The number of likely N-dealkylation sites (tertiary alicyclic amines) is 1. The van der Waals surface area contributed by atoms with E-state index in [0.29, 0.717) is 5.69 Å². The number of imidazole rings is 1. The normalized spacial score (nSPS) is 19.0. The SMILES string of the molecule is COC(=O)N[C@H](C(=O)N1CC(F)(F)C[C@H]1c1ncc(-c2ccc(Br)cc2)[nH]1)C(C)C. The highest BCUT2D eigenvalue weighted by Crippen LogP contribution is 2.41. The van der Waals surface area contributed by atoms with Crippen molar-refractivity contribution < 1.29 is 23.1 Å². The van der Waals surface area contributed by atoms with Crippen molar-refractivity contribution in [1.82, 2.24) is 20.2 Å². The third-order valence-electron chi connectivity index (χ3n) is 5.01. The van der Waals surface area contributed by atoms with Gasteiger partial charge in [-0.25, -0.2) is 18.6 Å². The van der Waals surface area contributed by atoms with E-state index < -0.39 is 43.0 Å². The summed E-state index contributed by atoms with van der Waals surface area (Å²) in [6, 6.07) is 5.53. The van der Waals surface area contributed by atoms with Crippen molar-refractivity contribution in [2.45, 2.75) is 38.3 Å². The van der Waals surface area contributed by atoms with E-state index >= 15 is 0 Å². The Labute approximate surface area is 181 Å². The lowest BCUT2D eigenvalue weighted by atomic mass is 10.0. The molecule has 1 aliphatic heterocycles. The fourth-order valence-corrected chi connectivity index (χ4v) is 3.72. The van der Waals surface area contributed by atoms with E-state index in [4.69, 9.17) is 0 Å². The molecule has 30 heavy (non-hydrogen) atoms. The summed E-state index contributed by atoms with van der Waals surface area (Å²) in [5, 5.41) is 2.45. The first-order chi connectivity index (χ1) is 14.1. The Morgan fingerprint density at radius 1 is 1.33 bits per heavy atom. The smallest absolute Gasteiger partial charge is 0.407 e. The highest BCUT2D eigenvalue weighted by molar-refractivity contribution is 9.10. The number of ether oxygens (including phenoxy) is 1. The molecule has 0 radical (unpaired) electrons. The number of H-pyrrole nitrogens is 1. The summed E-state index contributed by atoms with van der Waals surface area (Å²) in [6.45, 7) is 2.71. The largest absolute Gasteiger partial charge is 0.453 e. The van der Waals surface area contributed by atoms with E-state index in [0.717, 1.165) is 14.9 Å². The second-order valence-electron chi connectivity index (χ2n) is 7.59. The Morgan fingerprint density at radius 3 is 2.60 bits per heavy atom. The van der Waals surface area contributed by atoms with Gasteiger partial charge in [-0.3, -0.25) is 4.79 Å². The number of alkyl carbamates (subject to hydrolysis) is 1. The van der Waals surface area contributed by atoms with Crippen LogP contribution in [0.2, 0.25) is 0 Å². The van der Waals surface area contributed by atoms with Gasteiger partial charge in [0.25, 0.3) is 5.92 Å². The monoisotopic (exact) mass is 484 g/mol. The maximum Gasteiger partial charge on any atom is 0.407 e. The molecule has 2 atom stereocenters. The Kier molecular flexibility index (Phi) is 6.44. The number of nitrogens with one attached hydrogen (secondary N) is 2. The van der Waals surface area contributed by atoms with Crippen LogP contribution in [0.1, 0.15) is 32.1 Å². The van der Waals surface area contributed by atoms with Gasteiger partial charge in [0.1, 0.15) is 11.9 Å². The first kappa shape index (κ1) is 22.2. The summed E-state index contributed by atoms with van der Waals surface area (Å²) < 4.78 is 34.1. The predicted molar refractivity (Wildman–Crippen MR) is 110 cm³/mol. The maximum atomic E-state index is 14.3. The molecule has 2 N–H and O–H groups in total. The molecule has 1 aliphatic rings. The highest BCUT2D eigenvalue weighted by Gasteiger charge is 2.50. The molecular weight excluding hydrogens is 462 g/mol. The number of aromatic nitrogens is 2. The molecule has 3 rings (SSSR count). The topological polar surface area (TPSA) is 87.3 Å². The van der Waals surface area contributed by atoms with Crippen LogP contribution in [0.15, 0.2) is 34.9 Å². The Hall–Kier alpha value is -2.49. The molecule has 0 bridgehead atoms. The van der Waals surface area contributed by atoms with Crippen LogP contribution in [-0.4, -0.2) is 52.5 Å². The number of methoxy groups -OCH3 is 1. The third-order valence-corrected chi connectivity index (χ3v) is 5.54. The van der Waals surface area contributed by atoms with Crippen LogP contribution < -0.4 is 5.32 Å². The molecule has 7 nitrogen and oxygen atoms in total. The number of alkyl halides is 2. The van der Waals surface area contributed by atoms with Crippen molar-refractivity contribution in [3.8, 4) is 11.3 Å². The number of aromatic amines is 1. The molecular formula is C20H23BrF2N4O3. The molecule has 1 aromatic carbocycles. The lowest BCUT2D eigenvalue weighted by Gasteiger charge is -2.29. The van der Waals surface area contributed by atoms with Gasteiger partial charge in [-0.1, -0.05) is 41.9 Å². The quantitative estimate of drug-likeness (QED) is 0.667. The van der Waals surface area contributed by atoms with Crippen LogP contribution >= 0.6 is 15.9 Å². The average molecular weight is 485 g/mol. The fraction of sp³-hybridized carbons (Fsp3) is 0.450. The summed E-state index contributed by atoms with van der Waals surface area (Å²) in [7, 11) is 1.18. The van der Waals surface area contributed by atoms with Crippen LogP contribution in [-0.2, 0) is 9.53 Å². The third kappa shape index (κ3) is 4.80. The van der Waals surface area contributed by atoms with Crippen LogP contribution in [0.25, 0.3) is 11.3 Å². The number of halogens is 3.